The highest BCUT2D eigenvalue weighted by atomic mass is 14.6. The van der Waals surface area contributed by atoms with E-state index in [-0.39, 0.29) is 0 Å². The molecule has 0 aliphatic heterocycles. The van der Waals surface area contributed by atoms with Gasteiger partial charge in [0.05, 0.1) is 0 Å². The SMILES string of the molecule is CCCC(C)Cc1cc(C)ccc1N. The lowest BCUT2D eigenvalue weighted by molar-refractivity contribution is 0.523. The van der Waals surface area contributed by atoms with Crippen molar-refractivity contribution >= 4 is 5.69 Å². The van der Waals surface area contributed by atoms with E-state index in [0.717, 1.165) is 18.0 Å². The van der Waals surface area contributed by atoms with Gasteiger partial charge in [-0.25, -0.2) is 0 Å². The summed E-state index contributed by atoms with van der Waals surface area (Å²) in [6, 6.07) is 6.30. The van der Waals surface area contributed by atoms with Crippen molar-refractivity contribution in [2.24, 2.45) is 5.92 Å². The Labute approximate surface area is 87.3 Å². The van der Waals surface area contributed by atoms with E-state index in [2.05, 4.69) is 32.9 Å². The van der Waals surface area contributed by atoms with E-state index >= 15 is 0 Å². The van der Waals surface area contributed by atoms with Crippen LogP contribution in [0.2, 0.25) is 0 Å². The van der Waals surface area contributed by atoms with Gasteiger partial charge in [-0.2, -0.15) is 0 Å². The van der Waals surface area contributed by atoms with Crippen molar-refractivity contribution < 1.29 is 0 Å². The second-order valence-electron chi connectivity index (χ2n) is 4.30. The number of hydrogen-bond acceptors (Lipinski definition) is 1. The average molecular weight is 191 g/mol. The fraction of sp³-hybridized carbons (Fsp3) is 0.538. The highest BCUT2D eigenvalue weighted by molar-refractivity contribution is 5.48. The largest absolute Gasteiger partial charge is 0.399 e. The third-order valence-corrected chi connectivity index (χ3v) is 2.65. The van der Waals surface area contributed by atoms with Gasteiger partial charge in [0.15, 0.2) is 0 Å². The molecule has 1 atom stereocenters. The van der Waals surface area contributed by atoms with Crippen LogP contribution in [0.1, 0.15) is 37.8 Å². The second kappa shape index (κ2) is 5.04. The van der Waals surface area contributed by atoms with Crippen LogP contribution in [0.5, 0.6) is 0 Å². The summed E-state index contributed by atoms with van der Waals surface area (Å²) in [6.45, 7) is 6.65. The zero-order chi connectivity index (χ0) is 10.6. The molecule has 0 aromatic heterocycles. The van der Waals surface area contributed by atoms with E-state index in [9.17, 15) is 0 Å². The van der Waals surface area contributed by atoms with Crippen LogP contribution < -0.4 is 5.73 Å². The van der Waals surface area contributed by atoms with Crippen LogP contribution >= 0.6 is 0 Å². The molecule has 0 aliphatic carbocycles. The normalized spacial score (nSPS) is 12.8. The maximum atomic E-state index is 5.93. The Morgan fingerprint density at radius 3 is 2.71 bits per heavy atom. The maximum absolute atomic E-state index is 5.93. The van der Waals surface area contributed by atoms with Gasteiger partial charge in [0.2, 0.25) is 0 Å². The summed E-state index contributed by atoms with van der Waals surface area (Å²) in [5.74, 6) is 0.740. The Hall–Kier alpha value is -0.980. The lowest BCUT2D eigenvalue weighted by Gasteiger charge is -2.12. The summed E-state index contributed by atoms with van der Waals surface area (Å²) in [5.41, 5.74) is 9.49. The Balaban J connectivity index is 2.70. The molecule has 0 radical (unpaired) electrons. The van der Waals surface area contributed by atoms with Gasteiger partial charge in [0, 0.05) is 5.69 Å². The number of aryl methyl sites for hydroxylation is 1. The molecule has 1 heteroatoms. The molecule has 0 saturated heterocycles. The van der Waals surface area contributed by atoms with Crippen LogP contribution in [0.15, 0.2) is 18.2 Å². The number of benzene rings is 1. The molecule has 1 aromatic rings. The molecule has 1 nitrogen and oxygen atoms in total. The highest BCUT2D eigenvalue weighted by Crippen LogP contribution is 2.20. The van der Waals surface area contributed by atoms with Crippen LogP contribution in [0.25, 0.3) is 0 Å². The monoisotopic (exact) mass is 191 g/mol. The molecule has 2 N–H and O–H groups in total. The topological polar surface area (TPSA) is 26.0 Å². The van der Waals surface area contributed by atoms with Crippen LogP contribution in [-0.4, -0.2) is 0 Å². The summed E-state index contributed by atoms with van der Waals surface area (Å²) in [5, 5.41) is 0. The molecule has 0 saturated carbocycles. The van der Waals surface area contributed by atoms with Crippen LogP contribution in [0.3, 0.4) is 0 Å². The van der Waals surface area contributed by atoms with Crippen molar-refractivity contribution in [2.45, 2.75) is 40.0 Å². The molecule has 1 rings (SSSR count). The molecule has 0 fully saturated rings. The molecule has 14 heavy (non-hydrogen) atoms. The summed E-state index contributed by atoms with van der Waals surface area (Å²) in [6.07, 6.45) is 3.65. The predicted molar refractivity (Wildman–Crippen MR) is 63.4 cm³/mol. The van der Waals surface area contributed by atoms with Crippen molar-refractivity contribution in [3.63, 3.8) is 0 Å². The van der Waals surface area contributed by atoms with Crippen LogP contribution in [-0.2, 0) is 6.42 Å². The van der Waals surface area contributed by atoms with Gasteiger partial charge in [-0.15, -0.1) is 0 Å². The third-order valence-electron chi connectivity index (χ3n) is 2.65. The molecular formula is C13H21N. The number of anilines is 1. The van der Waals surface area contributed by atoms with Gasteiger partial charge in [0.1, 0.15) is 0 Å². The summed E-state index contributed by atoms with van der Waals surface area (Å²) < 4.78 is 0. The summed E-state index contributed by atoms with van der Waals surface area (Å²) >= 11 is 0. The first-order chi connectivity index (χ1) is 6.63. The zero-order valence-corrected chi connectivity index (χ0v) is 9.51. The smallest absolute Gasteiger partial charge is 0.0346 e. The lowest BCUT2D eigenvalue weighted by Crippen LogP contribution is -2.02. The predicted octanol–water partition coefficient (Wildman–Crippen LogP) is 3.56. The van der Waals surface area contributed by atoms with Gasteiger partial charge in [0.25, 0.3) is 0 Å². The van der Waals surface area contributed by atoms with Gasteiger partial charge in [-0.1, -0.05) is 44.4 Å². The summed E-state index contributed by atoms with van der Waals surface area (Å²) in [7, 11) is 0. The number of nitrogen functional groups attached to an aromatic ring is 1. The van der Waals surface area contributed by atoms with Crippen molar-refractivity contribution in [3.8, 4) is 0 Å². The molecule has 1 aromatic carbocycles. The minimum absolute atomic E-state index is 0.740. The van der Waals surface area contributed by atoms with Crippen molar-refractivity contribution in [1.29, 1.82) is 0 Å². The molecule has 0 aliphatic rings. The molecule has 0 amide bonds. The summed E-state index contributed by atoms with van der Waals surface area (Å²) in [4.78, 5) is 0. The van der Waals surface area contributed by atoms with Gasteiger partial charge >= 0.3 is 0 Å². The van der Waals surface area contributed by atoms with Gasteiger partial charge < -0.3 is 5.73 Å². The average Bonchev–Trinajstić information content (AvgIpc) is 2.12. The molecule has 1 unspecified atom stereocenters. The molecule has 0 bridgehead atoms. The van der Waals surface area contributed by atoms with E-state index in [1.807, 2.05) is 6.07 Å². The van der Waals surface area contributed by atoms with E-state index in [4.69, 9.17) is 5.73 Å². The fourth-order valence-electron chi connectivity index (χ4n) is 1.88. The van der Waals surface area contributed by atoms with E-state index in [1.165, 1.54) is 24.0 Å². The van der Waals surface area contributed by atoms with E-state index < -0.39 is 0 Å². The van der Waals surface area contributed by atoms with Crippen molar-refractivity contribution in [3.05, 3.63) is 29.3 Å². The van der Waals surface area contributed by atoms with Gasteiger partial charge in [-0.05, 0) is 30.9 Å². The molecular weight excluding hydrogens is 170 g/mol. The number of nitrogens with two attached hydrogens (primary N) is 1. The van der Waals surface area contributed by atoms with Crippen LogP contribution in [0.4, 0.5) is 5.69 Å². The Bertz CT molecular complexity index is 291. The van der Waals surface area contributed by atoms with E-state index in [0.29, 0.717) is 0 Å². The lowest BCUT2D eigenvalue weighted by atomic mass is 9.95. The number of rotatable bonds is 4. The third kappa shape index (κ3) is 3.06. The van der Waals surface area contributed by atoms with E-state index in [1.54, 1.807) is 0 Å². The first kappa shape index (κ1) is 11.1. The van der Waals surface area contributed by atoms with Crippen molar-refractivity contribution in [1.82, 2.24) is 0 Å². The first-order valence-electron chi connectivity index (χ1n) is 5.48. The van der Waals surface area contributed by atoms with Crippen molar-refractivity contribution in [2.75, 3.05) is 5.73 Å². The maximum Gasteiger partial charge on any atom is 0.0346 e. The molecule has 0 spiro atoms. The first-order valence-corrected chi connectivity index (χ1v) is 5.48. The minimum atomic E-state index is 0.740. The Kier molecular flexibility index (Phi) is 3.99. The quantitative estimate of drug-likeness (QED) is 0.724. The number of hydrogen-bond donors (Lipinski definition) is 1. The van der Waals surface area contributed by atoms with Gasteiger partial charge in [-0.3, -0.25) is 0 Å². The Morgan fingerprint density at radius 1 is 1.36 bits per heavy atom. The second-order valence-corrected chi connectivity index (χ2v) is 4.30. The molecule has 0 heterocycles. The molecule has 78 valence electrons. The zero-order valence-electron chi connectivity index (χ0n) is 9.51. The Morgan fingerprint density at radius 2 is 2.07 bits per heavy atom. The minimum Gasteiger partial charge on any atom is -0.399 e. The standard InChI is InChI=1S/C13H21N/c1-4-5-10(2)8-12-9-11(3)6-7-13(12)14/h6-7,9-10H,4-5,8,14H2,1-3H3. The highest BCUT2D eigenvalue weighted by Gasteiger charge is 2.05. The van der Waals surface area contributed by atoms with Crippen LogP contribution in [0, 0.1) is 12.8 Å². The fourth-order valence-corrected chi connectivity index (χ4v) is 1.88.